The zero-order valence-corrected chi connectivity index (χ0v) is 13.9. The van der Waals surface area contributed by atoms with Crippen molar-refractivity contribution < 1.29 is 14.9 Å². The SMILES string of the molecule is CCCCCCCCOCCCCCCC.OCCO. The van der Waals surface area contributed by atoms with Crippen LogP contribution in [0.3, 0.4) is 0 Å². The number of ether oxygens (including phenoxy) is 1. The Balaban J connectivity index is 0. The minimum atomic E-state index is -0.125. The summed E-state index contributed by atoms with van der Waals surface area (Å²) < 4.78 is 5.62. The second-order valence-corrected chi connectivity index (χ2v) is 5.24. The number of unbranched alkanes of at least 4 members (excludes halogenated alkanes) is 9. The monoisotopic (exact) mass is 290 g/mol. The lowest BCUT2D eigenvalue weighted by Gasteiger charge is -2.04. The topological polar surface area (TPSA) is 49.7 Å². The second-order valence-electron chi connectivity index (χ2n) is 5.24. The predicted molar refractivity (Wildman–Crippen MR) is 87.1 cm³/mol. The summed E-state index contributed by atoms with van der Waals surface area (Å²) in [5.74, 6) is 0. The maximum atomic E-state index is 7.62. The molecule has 0 aliphatic heterocycles. The highest BCUT2D eigenvalue weighted by atomic mass is 16.5. The van der Waals surface area contributed by atoms with E-state index in [1.807, 2.05) is 0 Å². The highest BCUT2D eigenvalue weighted by Gasteiger charge is 1.92. The smallest absolute Gasteiger partial charge is 0.0662 e. The van der Waals surface area contributed by atoms with Gasteiger partial charge < -0.3 is 14.9 Å². The van der Waals surface area contributed by atoms with Crippen molar-refractivity contribution in [2.75, 3.05) is 26.4 Å². The zero-order chi connectivity index (χ0) is 15.3. The van der Waals surface area contributed by atoms with E-state index in [4.69, 9.17) is 14.9 Å². The Labute approximate surface area is 126 Å². The summed E-state index contributed by atoms with van der Waals surface area (Å²) in [4.78, 5) is 0. The van der Waals surface area contributed by atoms with Gasteiger partial charge in [0, 0.05) is 13.2 Å². The molecule has 0 aromatic carbocycles. The van der Waals surface area contributed by atoms with Gasteiger partial charge in [-0.1, -0.05) is 71.6 Å². The molecule has 3 nitrogen and oxygen atoms in total. The van der Waals surface area contributed by atoms with Crippen LogP contribution >= 0.6 is 0 Å². The maximum Gasteiger partial charge on any atom is 0.0662 e. The van der Waals surface area contributed by atoms with Crippen molar-refractivity contribution in [2.45, 2.75) is 84.5 Å². The Hall–Kier alpha value is -0.120. The average molecular weight is 290 g/mol. The van der Waals surface area contributed by atoms with Gasteiger partial charge in [0.15, 0.2) is 0 Å². The molecule has 0 heterocycles. The Bertz CT molecular complexity index is 124. The molecule has 0 fully saturated rings. The van der Waals surface area contributed by atoms with Crippen molar-refractivity contribution in [3.63, 3.8) is 0 Å². The summed E-state index contributed by atoms with van der Waals surface area (Å²) >= 11 is 0. The molecule has 20 heavy (non-hydrogen) atoms. The summed E-state index contributed by atoms with van der Waals surface area (Å²) in [6.07, 6.45) is 14.9. The third kappa shape index (κ3) is 26.4. The molecule has 0 aromatic rings. The van der Waals surface area contributed by atoms with E-state index in [9.17, 15) is 0 Å². The molecule has 0 unspecified atom stereocenters. The summed E-state index contributed by atoms with van der Waals surface area (Å²) in [5.41, 5.74) is 0. The molecule has 0 saturated heterocycles. The van der Waals surface area contributed by atoms with Crippen LogP contribution in [0.25, 0.3) is 0 Å². The first-order valence-corrected chi connectivity index (χ1v) is 8.62. The molecule has 0 spiro atoms. The minimum absolute atomic E-state index is 0.125. The molecule has 2 N–H and O–H groups in total. The van der Waals surface area contributed by atoms with Crippen molar-refractivity contribution in [1.29, 1.82) is 0 Å². The largest absolute Gasteiger partial charge is 0.394 e. The lowest BCUT2D eigenvalue weighted by atomic mass is 10.1. The van der Waals surface area contributed by atoms with Gasteiger partial charge in [0.1, 0.15) is 0 Å². The molecule has 0 bridgehead atoms. The van der Waals surface area contributed by atoms with Gasteiger partial charge >= 0.3 is 0 Å². The number of hydrogen-bond acceptors (Lipinski definition) is 3. The van der Waals surface area contributed by atoms with E-state index in [-0.39, 0.29) is 13.2 Å². The van der Waals surface area contributed by atoms with E-state index in [2.05, 4.69) is 13.8 Å². The quantitative estimate of drug-likeness (QED) is 0.469. The van der Waals surface area contributed by atoms with Crippen LogP contribution in [-0.4, -0.2) is 36.6 Å². The number of rotatable bonds is 14. The van der Waals surface area contributed by atoms with Gasteiger partial charge in [0.25, 0.3) is 0 Å². The summed E-state index contributed by atoms with van der Waals surface area (Å²) in [6, 6.07) is 0. The van der Waals surface area contributed by atoms with Crippen LogP contribution in [0.2, 0.25) is 0 Å². The molecule has 0 radical (unpaired) electrons. The van der Waals surface area contributed by atoms with Gasteiger partial charge in [-0.05, 0) is 12.8 Å². The molecule has 0 atom stereocenters. The van der Waals surface area contributed by atoms with E-state index >= 15 is 0 Å². The normalized spacial score (nSPS) is 10.2. The summed E-state index contributed by atoms with van der Waals surface area (Å²) in [5, 5.41) is 15.2. The highest BCUT2D eigenvalue weighted by molar-refractivity contribution is 4.45. The molecule has 124 valence electrons. The van der Waals surface area contributed by atoms with Gasteiger partial charge in [-0.2, -0.15) is 0 Å². The van der Waals surface area contributed by atoms with E-state index in [0.29, 0.717) is 0 Å². The molecular formula is C17H38O3. The second kappa shape index (κ2) is 23.9. The van der Waals surface area contributed by atoms with Crippen LogP contribution in [0.15, 0.2) is 0 Å². The molecule has 3 heteroatoms. The number of aliphatic hydroxyl groups is 2. The fraction of sp³-hybridized carbons (Fsp3) is 1.00. The molecular weight excluding hydrogens is 252 g/mol. The Morgan fingerprint density at radius 3 is 1.25 bits per heavy atom. The third-order valence-electron chi connectivity index (χ3n) is 3.13. The van der Waals surface area contributed by atoms with Crippen molar-refractivity contribution in [3.05, 3.63) is 0 Å². The van der Waals surface area contributed by atoms with Gasteiger partial charge in [0.05, 0.1) is 13.2 Å². The Morgan fingerprint density at radius 1 is 0.550 bits per heavy atom. The first-order valence-electron chi connectivity index (χ1n) is 8.62. The minimum Gasteiger partial charge on any atom is -0.394 e. The maximum absolute atomic E-state index is 7.62. The Kier molecular flexibility index (Phi) is 26.5. The fourth-order valence-corrected chi connectivity index (χ4v) is 1.89. The van der Waals surface area contributed by atoms with Crippen LogP contribution < -0.4 is 0 Å². The molecule has 0 saturated carbocycles. The Morgan fingerprint density at radius 2 is 0.900 bits per heavy atom. The summed E-state index contributed by atoms with van der Waals surface area (Å²) in [6.45, 7) is 6.25. The van der Waals surface area contributed by atoms with Crippen LogP contribution in [0.5, 0.6) is 0 Å². The first kappa shape index (κ1) is 22.2. The highest BCUT2D eigenvalue weighted by Crippen LogP contribution is 2.06. The molecule has 0 amide bonds. The van der Waals surface area contributed by atoms with Gasteiger partial charge in [-0.15, -0.1) is 0 Å². The van der Waals surface area contributed by atoms with Crippen LogP contribution in [0.1, 0.15) is 84.5 Å². The molecule has 0 aromatic heterocycles. The van der Waals surface area contributed by atoms with E-state index in [0.717, 1.165) is 13.2 Å². The van der Waals surface area contributed by atoms with Gasteiger partial charge in [-0.25, -0.2) is 0 Å². The van der Waals surface area contributed by atoms with Crippen LogP contribution in [0, 0.1) is 0 Å². The third-order valence-corrected chi connectivity index (χ3v) is 3.13. The number of aliphatic hydroxyl groups excluding tert-OH is 2. The lowest BCUT2D eigenvalue weighted by Crippen LogP contribution is -1.97. The van der Waals surface area contributed by atoms with Crippen LogP contribution in [0.4, 0.5) is 0 Å². The van der Waals surface area contributed by atoms with Crippen molar-refractivity contribution in [2.24, 2.45) is 0 Å². The zero-order valence-electron chi connectivity index (χ0n) is 13.9. The fourth-order valence-electron chi connectivity index (χ4n) is 1.89. The standard InChI is InChI=1S/C15H32O.C2H6O2/c1-3-5-7-9-11-13-15-16-14-12-10-8-6-4-2;3-1-2-4/h3-15H2,1-2H3;3-4H,1-2H2. The van der Waals surface area contributed by atoms with Crippen molar-refractivity contribution in [3.8, 4) is 0 Å². The lowest BCUT2D eigenvalue weighted by molar-refractivity contribution is 0.125. The molecule has 0 aliphatic carbocycles. The predicted octanol–water partition coefficient (Wildman–Crippen LogP) is 4.30. The average Bonchev–Trinajstić information content (AvgIpc) is 2.49. The van der Waals surface area contributed by atoms with E-state index in [1.54, 1.807) is 0 Å². The molecule has 0 aliphatic rings. The first-order chi connectivity index (χ1) is 9.83. The molecule has 0 rings (SSSR count). The number of hydrogen-bond donors (Lipinski definition) is 2. The van der Waals surface area contributed by atoms with Gasteiger partial charge in [-0.3, -0.25) is 0 Å². The van der Waals surface area contributed by atoms with Crippen LogP contribution in [-0.2, 0) is 4.74 Å². The van der Waals surface area contributed by atoms with Crippen molar-refractivity contribution in [1.82, 2.24) is 0 Å². The van der Waals surface area contributed by atoms with E-state index < -0.39 is 0 Å². The van der Waals surface area contributed by atoms with E-state index in [1.165, 1.54) is 70.6 Å². The summed E-state index contributed by atoms with van der Waals surface area (Å²) in [7, 11) is 0. The van der Waals surface area contributed by atoms with Gasteiger partial charge in [0.2, 0.25) is 0 Å². The van der Waals surface area contributed by atoms with Crippen molar-refractivity contribution >= 4 is 0 Å².